The van der Waals surface area contributed by atoms with Crippen molar-refractivity contribution < 1.29 is 4.74 Å². The van der Waals surface area contributed by atoms with Crippen LogP contribution in [-0.4, -0.2) is 15.7 Å². The Hall–Kier alpha value is -1.36. The van der Waals surface area contributed by atoms with Crippen molar-refractivity contribution in [2.45, 2.75) is 51.9 Å². The number of aryl methyl sites for hydroxylation is 1. The van der Waals surface area contributed by atoms with Gasteiger partial charge in [-0.15, -0.1) is 0 Å². The van der Waals surface area contributed by atoms with E-state index in [0.29, 0.717) is 12.1 Å². The van der Waals surface area contributed by atoms with Gasteiger partial charge in [-0.2, -0.15) is 0 Å². The summed E-state index contributed by atoms with van der Waals surface area (Å²) in [5.74, 6) is 0. The average molecular weight is 238 g/mol. The Morgan fingerprint density at radius 1 is 1.47 bits per heavy atom. The molecular formula is C12H18N2O3. The molecule has 1 aliphatic rings. The summed E-state index contributed by atoms with van der Waals surface area (Å²) in [7, 11) is 0. The van der Waals surface area contributed by atoms with E-state index >= 15 is 0 Å². The van der Waals surface area contributed by atoms with Gasteiger partial charge in [-0.25, -0.2) is 4.79 Å². The van der Waals surface area contributed by atoms with Crippen LogP contribution in [0.2, 0.25) is 0 Å². The van der Waals surface area contributed by atoms with Crippen molar-refractivity contribution in [3.05, 3.63) is 32.6 Å². The van der Waals surface area contributed by atoms with Gasteiger partial charge in [-0.1, -0.05) is 6.92 Å². The summed E-state index contributed by atoms with van der Waals surface area (Å²) < 4.78 is 7.21. The summed E-state index contributed by atoms with van der Waals surface area (Å²) in [5.41, 5.74) is -0.0875. The first-order valence-electron chi connectivity index (χ1n) is 6.11. The maximum Gasteiger partial charge on any atom is 0.328 e. The maximum absolute atomic E-state index is 11.7. The standard InChI is InChI=1S/C12H18N2O3/c1-3-6-14-7-9(11(15)13-12(14)16)10-5-4-8(2)17-10/h7-8,10H,3-6H2,1-2H3,(H,13,15,16)/t8?,10-/m1/s1. The van der Waals surface area contributed by atoms with E-state index in [9.17, 15) is 9.59 Å². The lowest BCUT2D eigenvalue weighted by Gasteiger charge is -2.12. The predicted octanol–water partition coefficient (Wildman–Crippen LogP) is 1.19. The molecule has 0 spiro atoms. The average Bonchev–Trinajstić information content (AvgIpc) is 2.69. The number of hydrogen-bond acceptors (Lipinski definition) is 3. The molecule has 1 saturated heterocycles. The van der Waals surface area contributed by atoms with Crippen LogP contribution in [0.5, 0.6) is 0 Å². The zero-order valence-electron chi connectivity index (χ0n) is 10.2. The van der Waals surface area contributed by atoms with Crippen LogP contribution in [0.1, 0.15) is 44.8 Å². The molecule has 1 aromatic heterocycles. The molecular weight excluding hydrogens is 220 g/mol. The Labute approximate surface area is 99.4 Å². The van der Waals surface area contributed by atoms with Crippen LogP contribution in [0.15, 0.2) is 15.8 Å². The number of aromatic nitrogens is 2. The minimum absolute atomic E-state index is 0.169. The lowest BCUT2D eigenvalue weighted by atomic mass is 10.1. The van der Waals surface area contributed by atoms with Crippen LogP contribution in [0.3, 0.4) is 0 Å². The Morgan fingerprint density at radius 2 is 2.24 bits per heavy atom. The zero-order valence-corrected chi connectivity index (χ0v) is 10.2. The van der Waals surface area contributed by atoms with Gasteiger partial charge < -0.3 is 9.30 Å². The highest BCUT2D eigenvalue weighted by molar-refractivity contribution is 5.10. The van der Waals surface area contributed by atoms with E-state index < -0.39 is 0 Å². The molecule has 2 heterocycles. The molecule has 5 nitrogen and oxygen atoms in total. The summed E-state index contributed by atoms with van der Waals surface area (Å²) in [6.45, 7) is 4.60. The van der Waals surface area contributed by atoms with Crippen molar-refractivity contribution >= 4 is 0 Å². The van der Waals surface area contributed by atoms with Crippen molar-refractivity contribution in [3.8, 4) is 0 Å². The van der Waals surface area contributed by atoms with E-state index in [1.54, 1.807) is 10.8 Å². The van der Waals surface area contributed by atoms with Crippen molar-refractivity contribution in [2.75, 3.05) is 0 Å². The summed E-state index contributed by atoms with van der Waals surface area (Å²) in [4.78, 5) is 25.6. The topological polar surface area (TPSA) is 64.1 Å². The second kappa shape index (κ2) is 4.87. The van der Waals surface area contributed by atoms with Crippen LogP contribution < -0.4 is 11.2 Å². The Bertz CT molecular complexity index is 503. The van der Waals surface area contributed by atoms with Crippen molar-refractivity contribution in [1.82, 2.24) is 9.55 Å². The molecule has 94 valence electrons. The van der Waals surface area contributed by atoms with E-state index in [2.05, 4.69) is 4.98 Å². The van der Waals surface area contributed by atoms with Crippen molar-refractivity contribution in [1.29, 1.82) is 0 Å². The molecule has 1 aliphatic heterocycles. The van der Waals surface area contributed by atoms with Gasteiger partial charge in [0, 0.05) is 12.7 Å². The smallest absolute Gasteiger partial charge is 0.328 e. The first-order chi connectivity index (χ1) is 8.11. The highest BCUT2D eigenvalue weighted by atomic mass is 16.5. The first-order valence-corrected chi connectivity index (χ1v) is 6.11. The van der Waals surface area contributed by atoms with Gasteiger partial charge in [0.2, 0.25) is 0 Å². The van der Waals surface area contributed by atoms with Crippen LogP contribution in [0.25, 0.3) is 0 Å². The van der Waals surface area contributed by atoms with Gasteiger partial charge in [0.15, 0.2) is 0 Å². The van der Waals surface area contributed by atoms with Crippen LogP contribution in [-0.2, 0) is 11.3 Å². The number of nitrogens with zero attached hydrogens (tertiary/aromatic N) is 1. The molecule has 0 aromatic carbocycles. The number of ether oxygens (including phenoxy) is 1. The third kappa shape index (κ3) is 2.49. The third-order valence-corrected chi connectivity index (χ3v) is 3.08. The van der Waals surface area contributed by atoms with E-state index in [1.807, 2.05) is 13.8 Å². The Morgan fingerprint density at radius 3 is 2.82 bits per heavy atom. The van der Waals surface area contributed by atoms with E-state index in [-0.39, 0.29) is 23.5 Å². The fourth-order valence-electron chi connectivity index (χ4n) is 2.19. The zero-order chi connectivity index (χ0) is 12.4. The highest BCUT2D eigenvalue weighted by Crippen LogP contribution is 2.30. The summed E-state index contributed by atoms with van der Waals surface area (Å²) in [5, 5.41) is 0. The fraction of sp³-hybridized carbons (Fsp3) is 0.667. The van der Waals surface area contributed by atoms with Crippen LogP contribution >= 0.6 is 0 Å². The first kappa shape index (κ1) is 12.1. The molecule has 1 aromatic rings. The second-order valence-corrected chi connectivity index (χ2v) is 4.55. The Balaban J connectivity index is 2.36. The maximum atomic E-state index is 11.7. The predicted molar refractivity (Wildman–Crippen MR) is 64.1 cm³/mol. The SMILES string of the molecule is CCCn1cc([C@H]2CCC(C)O2)c(=O)[nH]c1=O. The molecule has 2 atom stereocenters. The third-order valence-electron chi connectivity index (χ3n) is 3.08. The van der Waals surface area contributed by atoms with Crippen LogP contribution in [0.4, 0.5) is 0 Å². The van der Waals surface area contributed by atoms with E-state index in [4.69, 9.17) is 4.74 Å². The van der Waals surface area contributed by atoms with Gasteiger partial charge in [0.25, 0.3) is 5.56 Å². The molecule has 2 rings (SSSR count). The molecule has 0 aliphatic carbocycles. The molecule has 1 fully saturated rings. The number of H-pyrrole nitrogens is 1. The normalized spacial score (nSPS) is 24.1. The van der Waals surface area contributed by atoms with Crippen LogP contribution in [0, 0.1) is 0 Å². The fourth-order valence-corrected chi connectivity index (χ4v) is 2.19. The molecule has 1 unspecified atom stereocenters. The van der Waals surface area contributed by atoms with Gasteiger partial charge in [0.1, 0.15) is 0 Å². The second-order valence-electron chi connectivity index (χ2n) is 4.55. The molecule has 1 N–H and O–H groups in total. The molecule has 17 heavy (non-hydrogen) atoms. The molecule has 0 bridgehead atoms. The molecule has 0 radical (unpaired) electrons. The lowest BCUT2D eigenvalue weighted by molar-refractivity contribution is 0.0542. The summed E-state index contributed by atoms with van der Waals surface area (Å²) in [6, 6.07) is 0. The van der Waals surface area contributed by atoms with Crippen molar-refractivity contribution in [2.24, 2.45) is 0 Å². The number of nitrogens with one attached hydrogen (secondary N) is 1. The monoisotopic (exact) mass is 238 g/mol. The number of aromatic amines is 1. The van der Waals surface area contributed by atoms with Crippen molar-refractivity contribution in [3.63, 3.8) is 0 Å². The quantitative estimate of drug-likeness (QED) is 0.860. The minimum atomic E-state index is -0.341. The lowest BCUT2D eigenvalue weighted by Crippen LogP contribution is -2.32. The summed E-state index contributed by atoms with van der Waals surface area (Å²) >= 11 is 0. The van der Waals surface area contributed by atoms with Gasteiger partial charge >= 0.3 is 5.69 Å². The Kier molecular flexibility index (Phi) is 3.47. The number of rotatable bonds is 3. The minimum Gasteiger partial charge on any atom is -0.370 e. The van der Waals surface area contributed by atoms with Gasteiger partial charge in [0.05, 0.1) is 17.8 Å². The molecule has 5 heteroatoms. The van der Waals surface area contributed by atoms with Gasteiger partial charge in [-0.05, 0) is 26.2 Å². The number of hydrogen-bond donors (Lipinski definition) is 1. The van der Waals surface area contributed by atoms with E-state index in [0.717, 1.165) is 19.3 Å². The summed E-state index contributed by atoms with van der Waals surface area (Å²) in [6.07, 6.45) is 4.31. The largest absolute Gasteiger partial charge is 0.370 e. The molecule has 0 amide bonds. The van der Waals surface area contributed by atoms with E-state index in [1.165, 1.54) is 0 Å². The highest BCUT2D eigenvalue weighted by Gasteiger charge is 2.26. The van der Waals surface area contributed by atoms with Gasteiger partial charge in [-0.3, -0.25) is 9.78 Å². The molecule has 0 saturated carbocycles.